The molecule has 0 N–H and O–H groups in total. The molecular weight excluding hydrogens is 1170 g/mol. The number of fused-ring (bicyclic) bond motifs is 20. The topological polar surface area (TPSA) is 13.1 Å². The Hall–Kier alpha value is -7.62. The van der Waals surface area contributed by atoms with Crippen LogP contribution in [0.2, 0.25) is 0 Å². The molecule has 97 heavy (non-hydrogen) atoms. The highest BCUT2D eigenvalue weighted by Gasteiger charge is 2.64. The van der Waals surface area contributed by atoms with Crippen LogP contribution in [0.1, 0.15) is 262 Å². The van der Waals surface area contributed by atoms with Crippen molar-refractivity contribution in [1.29, 1.82) is 0 Å². The summed E-state index contributed by atoms with van der Waals surface area (Å²) in [5, 5.41) is 5.67. The van der Waals surface area contributed by atoms with E-state index in [0.717, 1.165) is 49.9 Å². The highest BCUT2D eigenvalue weighted by molar-refractivity contribution is 6.10. The Morgan fingerprint density at radius 2 is 0.649 bits per heavy atom. The van der Waals surface area contributed by atoms with Crippen molar-refractivity contribution in [1.82, 2.24) is 9.13 Å². The maximum Gasteiger partial charge on any atom is 0.0494 e. The first-order valence-electron chi connectivity index (χ1n) is 38.2. The van der Waals surface area contributed by atoms with Crippen LogP contribution in [0, 0.1) is 0 Å². The van der Waals surface area contributed by atoms with Gasteiger partial charge < -0.3 is 14.0 Å². The van der Waals surface area contributed by atoms with E-state index in [4.69, 9.17) is 0 Å². The van der Waals surface area contributed by atoms with Crippen molar-refractivity contribution >= 4 is 49.3 Å². The lowest BCUT2D eigenvalue weighted by Gasteiger charge is -2.59. The predicted molar refractivity (Wildman–Crippen MR) is 445 cm³/mol. The Labute approximate surface area is 596 Å². The monoisotopic (exact) mass is 1310 g/mol. The number of likely N-dealkylation sites (N-methyl/N-ethyl adjacent to an activating group) is 1. The summed E-state index contributed by atoms with van der Waals surface area (Å²) in [5.41, 5.74) is 20.7. The summed E-state index contributed by atoms with van der Waals surface area (Å²) in [5.74, 6) is 2.32. The molecule has 11 aromatic rings. The molecule has 2 aromatic heterocycles. The molecule has 0 saturated heterocycles. The predicted octanol–water partition coefficient (Wildman–Crippen LogP) is 29.8. The van der Waals surface area contributed by atoms with Crippen molar-refractivity contribution in [2.24, 2.45) is 0 Å². The van der Waals surface area contributed by atoms with Gasteiger partial charge in [-0.2, -0.15) is 0 Å². The van der Waals surface area contributed by atoms with Gasteiger partial charge in [0.25, 0.3) is 0 Å². The lowest BCUT2D eigenvalue weighted by molar-refractivity contribution is 0.198. The highest BCUT2D eigenvalue weighted by Crippen LogP contribution is 2.71. The minimum Gasteiger partial charge on any atom is -0.367 e. The van der Waals surface area contributed by atoms with E-state index in [1.54, 1.807) is 27.8 Å². The van der Waals surface area contributed by atoms with E-state index >= 15 is 0 Å². The van der Waals surface area contributed by atoms with E-state index in [1.807, 2.05) is 147 Å². The minimum absolute atomic E-state index is 0. The number of hydrogen-bond acceptors (Lipinski definition) is 1. The number of anilines is 1. The fourth-order valence-corrected chi connectivity index (χ4v) is 14.1. The van der Waals surface area contributed by atoms with Crippen LogP contribution >= 0.6 is 0 Å². The molecule has 0 amide bonds. The molecule has 17 rings (SSSR count). The normalized spacial score (nSPS) is 14.9. The average molecular weight is 1310 g/mol. The molecule has 528 valence electrons. The fourth-order valence-electron chi connectivity index (χ4n) is 14.1. The summed E-state index contributed by atoms with van der Waals surface area (Å²) < 4.78 is 4.81. The lowest BCUT2D eigenvalue weighted by Crippen LogP contribution is -2.56. The van der Waals surface area contributed by atoms with Crippen LogP contribution in [-0.4, -0.2) is 21.7 Å². The van der Waals surface area contributed by atoms with E-state index in [9.17, 15) is 0 Å². The zero-order chi connectivity index (χ0) is 70.1. The van der Waals surface area contributed by atoms with Crippen LogP contribution in [0.5, 0.6) is 0 Å². The number of aryl methyl sites for hydroxylation is 4. The van der Waals surface area contributed by atoms with Gasteiger partial charge in [-0.3, -0.25) is 0 Å². The Balaban J connectivity index is 0.000000569. The molecule has 0 radical (unpaired) electrons. The van der Waals surface area contributed by atoms with Crippen molar-refractivity contribution < 1.29 is 0 Å². The van der Waals surface area contributed by atoms with Crippen LogP contribution in [0.3, 0.4) is 0 Å². The summed E-state index contributed by atoms with van der Waals surface area (Å²) >= 11 is 0. The SMILES string of the molecule is C.C.C1CCCC1.CC.CC.CC.CC.CC.CC.CC.CC.CCC.CCN1c2ccccc2[C@@H]2C1[C@@H]1c3ccccc3[C@H]21.CCn1c2ccccc2c2c3c(ccc21)CCC3.CCn1c2ccccc2c2ccccc21.c1ccc2c(c1)Cc1ccccc1-2.c1ccccc1. The second-order valence-corrected chi connectivity index (χ2v) is 22.2. The maximum absolute atomic E-state index is 2.64. The molecule has 9 aromatic carbocycles. The van der Waals surface area contributed by atoms with E-state index in [2.05, 4.69) is 231 Å². The Morgan fingerprint density at radius 1 is 0.299 bits per heavy atom. The first-order valence-corrected chi connectivity index (χ1v) is 38.2. The van der Waals surface area contributed by atoms with Gasteiger partial charge in [0.05, 0.1) is 0 Å². The summed E-state index contributed by atoms with van der Waals surface area (Å²) in [4.78, 5) is 2.64. The molecule has 1 aliphatic heterocycles. The Kier molecular flexibility index (Phi) is 44.9. The third-order valence-corrected chi connectivity index (χ3v) is 17.5. The minimum atomic E-state index is 0. The van der Waals surface area contributed by atoms with E-state index in [1.165, 1.54) is 129 Å². The van der Waals surface area contributed by atoms with Gasteiger partial charge in [0.1, 0.15) is 0 Å². The van der Waals surface area contributed by atoms with Crippen molar-refractivity contribution in [2.75, 3.05) is 11.4 Å². The quantitative estimate of drug-likeness (QED) is 0.172. The van der Waals surface area contributed by atoms with Crippen molar-refractivity contribution in [2.45, 2.75) is 261 Å². The molecule has 0 bridgehead atoms. The molecule has 2 saturated carbocycles. The standard InChI is InChI=1S/C18H17N.C17H17N.C14H13N.C13H10.C6H6.C5H10.C3H8.8C2H6.2CH4/c1-2-19-14-10-6-5-9-13(14)17-15-11-7-3-4-8-12(11)16(15)18(17)19;1-2-18-15-9-4-3-7-14(15)17-13-8-5-6-12(13)10-11-16(17)18;1-2-15-13-9-5-3-7-11(13)12-8-4-6-10-14(12)15;1-3-7-12-10(5-1)9-11-6-2-4-8-13(11)12;1-2-4-6-5-3-1;1-2-4-5-3-1;1-3-2;8*1-2;;/h3-10,15-18H,2H2,1H3;3-4,7,9-11H,2,5-6,8H2,1H3;3-10H,2H2,1H3;1-8H,9H2;1-6H;1-5H2;3H2,1-2H3;8*1-2H3;2*1H4/t15-,16+,17-,18?;;;;;;;;;;;;;;;;/m0................/s1. The van der Waals surface area contributed by atoms with E-state index in [0.29, 0.717) is 0 Å². The zero-order valence-electron chi connectivity index (χ0n) is 63.6. The van der Waals surface area contributed by atoms with Gasteiger partial charge in [-0.15, -0.1) is 0 Å². The van der Waals surface area contributed by atoms with Crippen LogP contribution < -0.4 is 4.90 Å². The van der Waals surface area contributed by atoms with Crippen LogP contribution in [0.15, 0.2) is 218 Å². The second kappa shape index (κ2) is 49.8. The van der Waals surface area contributed by atoms with Crippen LogP contribution in [0.25, 0.3) is 54.7 Å². The molecular formula is C94H137N3. The second-order valence-electron chi connectivity index (χ2n) is 22.2. The molecule has 4 atom stereocenters. The molecule has 3 nitrogen and oxygen atoms in total. The third kappa shape index (κ3) is 21.0. The molecule has 3 heteroatoms. The molecule has 3 heterocycles. The van der Waals surface area contributed by atoms with Gasteiger partial charge in [-0.1, -0.05) is 366 Å². The van der Waals surface area contributed by atoms with Gasteiger partial charge in [0.2, 0.25) is 0 Å². The number of nitrogens with zero attached hydrogens (tertiary/aromatic N) is 3. The number of benzene rings is 9. The first-order chi connectivity index (χ1) is 47.1. The molecule has 1 unspecified atom stereocenters. The molecule has 2 fully saturated rings. The summed E-state index contributed by atoms with van der Waals surface area (Å²) in [6.07, 6.45) is 13.7. The number of hydrogen-bond donors (Lipinski definition) is 0. The summed E-state index contributed by atoms with van der Waals surface area (Å²) in [7, 11) is 0. The van der Waals surface area contributed by atoms with Gasteiger partial charge >= 0.3 is 0 Å². The molecule has 0 spiro atoms. The van der Waals surface area contributed by atoms with Crippen molar-refractivity contribution in [3.63, 3.8) is 0 Å². The third-order valence-electron chi connectivity index (χ3n) is 17.5. The molecule has 6 aliphatic rings. The Morgan fingerprint density at radius 3 is 1.09 bits per heavy atom. The van der Waals surface area contributed by atoms with Gasteiger partial charge in [-0.05, 0) is 127 Å². The zero-order valence-corrected chi connectivity index (χ0v) is 63.6. The van der Waals surface area contributed by atoms with Crippen molar-refractivity contribution in [3.05, 3.63) is 257 Å². The maximum atomic E-state index is 2.64. The average Bonchev–Trinajstić information content (AvgIpc) is 1.60. The van der Waals surface area contributed by atoms with Gasteiger partial charge in [0.15, 0.2) is 0 Å². The number of aromatic nitrogens is 2. The molecule has 5 aliphatic carbocycles. The van der Waals surface area contributed by atoms with E-state index < -0.39 is 0 Å². The van der Waals surface area contributed by atoms with E-state index in [-0.39, 0.29) is 14.9 Å². The Bertz CT molecular complexity index is 3650. The van der Waals surface area contributed by atoms with Gasteiger partial charge in [-0.25, -0.2) is 0 Å². The lowest BCUT2D eigenvalue weighted by atomic mass is 9.47. The van der Waals surface area contributed by atoms with Crippen LogP contribution in [0.4, 0.5) is 5.69 Å². The highest BCUT2D eigenvalue weighted by atomic mass is 15.2. The van der Waals surface area contributed by atoms with Gasteiger partial charge in [0, 0.05) is 92.7 Å². The first kappa shape index (κ1) is 87.4. The largest absolute Gasteiger partial charge is 0.367 e. The summed E-state index contributed by atoms with van der Waals surface area (Å²) in [6, 6.07) is 78.8. The summed E-state index contributed by atoms with van der Waals surface area (Å²) in [6.45, 7) is 46.2. The number of para-hydroxylation sites is 4. The van der Waals surface area contributed by atoms with Crippen molar-refractivity contribution in [3.8, 4) is 11.1 Å². The number of rotatable bonds is 3. The smallest absolute Gasteiger partial charge is 0.0494 e. The fraction of sp³-hybridized carbons (Fsp3) is 0.426. The van der Waals surface area contributed by atoms with Crippen LogP contribution in [-0.2, 0) is 32.4 Å².